The van der Waals surface area contributed by atoms with Gasteiger partial charge in [0.05, 0.1) is 5.60 Å². The van der Waals surface area contributed by atoms with E-state index in [4.69, 9.17) is 4.74 Å². The average Bonchev–Trinajstić information content (AvgIpc) is 2.29. The van der Waals surface area contributed by atoms with Gasteiger partial charge in [-0.1, -0.05) is 36.4 Å². The first-order valence-electron chi connectivity index (χ1n) is 5.64. The summed E-state index contributed by atoms with van der Waals surface area (Å²) in [6.07, 6.45) is 7.90. The number of allylic oxidation sites excluding steroid dienone is 1. The highest BCUT2D eigenvalue weighted by atomic mass is 16.5. The first-order valence-corrected chi connectivity index (χ1v) is 5.64. The predicted molar refractivity (Wildman–Crippen MR) is 61.0 cm³/mol. The van der Waals surface area contributed by atoms with Gasteiger partial charge >= 0.3 is 0 Å². The maximum atomic E-state index is 5.72. The molecule has 0 unspecified atom stereocenters. The van der Waals surface area contributed by atoms with E-state index in [9.17, 15) is 0 Å². The van der Waals surface area contributed by atoms with Crippen molar-refractivity contribution in [1.29, 1.82) is 0 Å². The SMILES string of the molecule is CO[C@@]12C=CC[C@@H](C1)c1ccccc1C2. The van der Waals surface area contributed by atoms with Crippen molar-refractivity contribution >= 4 is 0 Å². The van der Waals surface area contributed by atoms with Gasteiger partial charge in [0.1, 0.15) is 0 Å². The highest BCUT2D eigenvalue weighted by Gasteiger charge is 2.38. The minimum Gasteiger partial charge on any atom is -0.374 e. The number of hydrogen-bond donors (Lipinski definition) is 0. The molecular formula is C14H16O. The van der Waals surface area contributed by atoms with Crippen LogP contribution in [0.2, 0.25) is 0 Å². The Morgan fingerprint density at radius 2 is 2.20 bits per heavy atom. The van der Waals surface area contributed by atoms with Gasteiger partial charge in [-0.05, 0) is 29.9 Å². The van der Waals surface area contributed by atoms with Crippen LogP contribution in [0, 0.1) is 0 Å². The molecule has 0 aromatic heterocycles. The lowest BCUT2D eigenvalue weighted by molar-refractivity contribution is 0.00920. The van der Waals surface area contributed by atoms with Crippen molar-refractivity contribution in [2.75, 3.05) is 7.11 Å². The van der Waals surface area contributed by atoms with E-state index < -0.39 is 0 Å². The van der Waals surface area contributed by atoms with Crippen LogP contribution in [0.25, 0.3) is 0 Å². The van der Waals surface area contributed by atoms with Crippen LogP contribution in [-0.2, 0) is 11.2 Å². The fourth-order valence-electron chi connectivity index (χ4n) is 3.02. The van der Waals surface area contributed by atoms with E-state index in [0.717, 1.165) is 12.8 Å². The van der Waals surface area contributed by atoms with Gasteiger partial charge in [0.25, 0.3) is 0 Å². The van der Waals surface area contributed by atoms with Crippen LogP contribution in [0.4, 0.5) is 0 Å². The number of methoxy groups -OCH3 is 1. The van der Waals surface area contributed by atoms with E-state index in [1.807, 2.05) is 7.11 Å². The Morgan fingerprint density at radius 3 is 3.07 bits per heavy atom. The smallest absolute Gasteiger partial charge is 0.0904 e. The summed E-state index contributed by atoms with van der Waals surface area (Å²) in [7, 11) is 1.83. The zero-order chi connectivity index (χ0) is 10.3. The summed E-state index contributed by atoms with van der Waals surface area (Å²) in [5.74, 6) is 0.667. The second kappa shape index (κ2) is 3.21. The van der Waals surface area contributed by atoms with Gasteiger partial charge in [0.15, 0.2) is 0 Å². The molecule has 0 fully saturated rings. The van der Waals surface area contributed by atoms with Gasteiger partial charge in [0.2, 0.25) is 0 Å². The Labute approximate surface area is 90.8 Å². The van der Waals surface area contributed by atoms with Crippen LogP contribution in [0.15, 0.2) is 36.4 Å². The Balaban J connectivity index is 2.10. The molecule has 78 valence electrons. The normalized spacial score (nSPS) is 32.5. The lowest BCUT2D eigenvalue weighted by Crippen LogP contribution is -2.39. The molecule has 1 nitrogen and oxygen atoms in total. The molecule has 0 saturated carbocycles. The van der Waals surface area contributed by atoms with Gasteiger partial charge in [0, 0.05) is 13.5 Å². The van der Waals surface area contributed by atoms with Crippen molar-refractivity contribution in [2.24, 2.45) is 0 Å². The van der Waals surface area contributed by atoms with Crippen LogP contribution < -0.4 is 0 Å². The molecule has 2 atom stereocenters. The van der Waals surface area contributed by atoms with Gasteiger partial charge in [-0.15, -0.1) is 0 Å². The highest BCUT2D eigenvalue weighted by molar-refractivity contribution is 5.38. The second-order valence-electron chi connectivity index (χ2n) is 4.68. The number of hydrogen-bond acceptors (Lipinski definition) is 1. The molecule has 1 aromatic rings. The van der Waals surface area contributed by atoms with Gasteiger partial charge in [-0.3, -0.25) is 0 Å². The Hall–Kier alpha value is -1.08. The molecule has 0 radical (unpaired) electrons. The number of fused-ring (bicyclic) bond motifs is 4. The lowest BCUT2D eigenvalue weighted by Gasteiger charge is -2.41. The molecule has 0 saturated heterocycles. The van der Waals surface area contributed by atoms with Crippen LogP contribution in [0.5, 0.6) is 0 Å². The summed E-state index contributed by atoms with van der Waals surface area (Å²) in [5, 5.41) is 0. The molecule has 0 heterocycles. The summed E-state index contributed by atoms with van der Waals surface area (Å²) in [6.45, 7) is 0. The molecule has 1 aromatic carbocycles. The van der Waals surface area contributed by atoms with Crippen LogP contribution in [0.3, 0.4) is 0 Å². The standard InChI is InChI=1S/C14H16O/c1-15-14-8-4-6-12(10-14)13-7-3-2-5-11(13)9-14/h2-5,7-8,12H,6,9-10H2,1H3/t12-,14+/m0/s1. The molecular weight excluding hydrogens is 184 g/mol. The van der Waals surface area contributed by atoms with E-state index in [1.165, 1.54) is 17.5 Å². The van der Waals surface area contributed by atoms with E-state index in [1.54, 1.807) is 0 Å². The topological polar surface area (TPSA) is 9.23 Å². The molecule has 2 bridgehead atoms. The molecule has 0 amide bonds. The summed E-state index contributed by atoms with van der Waals surface area (Å²) in [4.78, 5) is 0. The minimum atomic E-state index is -0.0166. The average molecular weight is 200 g/mol. The fourth-order valence-corrected chi connectivity index (χ4v) is 3.02. The summed E-state index contributed by atoms with van der Waals surface area (Å²) < 4.78 is 5.72. The number of benzene rings is 1. The third-order valence-electron chi connectivity index (χ3n) is 3.83. The predicted octanol–water partition coefficient (Wildman–Crippen LogP) is 3.06. The quantitative estimate of drug-likeness (QED) is 0.633. The van der Waals surface area contributed by atoms with E-state index >= 15 is 0 Å². The second-order valence-corrected chi connectivity index (χ2v) is 4.68. The number of ether oxygens (including phenoxy) is 1. The lowest BCUT2D eigenvalue weighted by atomic mass is 9.70. The molecule has 3 rings (SSSR count). The molecule has 2 aliphatic rings. The first-order chi connectivity index (χ1) is 7.33. The van der Waals surface area contributed by atoms with Gasteiger partial charge in [-0.2, -0.15) is 0 Å². The molecule has 0 aliphatic heterocycles. The molecule has 0 spiro atoms. The Kier molecular flexibility index (Phi) is 1.96. The third kappa shape index (κ3) is 1.34. The van der Waals surface area contributed by atoms with Crippen LogP contribution >= 0.6 is 0 Å². The Bertz CT molecular complexity index is 408. The largest absolute Gasteiger partial charge is 0.374 e. The maximum Gasteiger partial charge on any atom is 0.0904 e. The minimum absolute atomic E-state index is 0.0166. The maximum absolute atomic E-state index is 5.72. The van der Waals surface area contributed by atoms with Crippen LogP contribution in [0.1, 0.15) is 29.9 Å². The Morgan fingerprint density at radius 1 is 1.33 bits per heavy atom. The number of rotatable bonds is 1. The highest BCUT2D eigenvalue weighted by Crippen LogP contribution is 2.44. The van der Waals surface area contributed by atoms with Crippen molar-refractivity contribution in [3.05, 3.63) is 47.5 Å². The van der Waals surface area contributed by atoms with Gasteiger partial charge < -0.3 is 4.74 Å². The van der Waals surface area contributed by atoms with E-state index in [2.05, 4.69) is 36.4 Å². The fraction of sp³-hybridized carbons (Fsp3) is 0.429. The van der Waals surface area contributed by atoms with E-state index in [-0.39, 0.29) is 5.60 Å². The van der Waals surface area contributed by atoms with Crippen molar-refractivity contribution in [1.82, 2.24) is 0 Å². The summed E-state index contributed by atoms with van der Waals surface area (Å²) in [6, 6.07) is 8.80. The third-order valence-corrected chi connectivity index (χ3v) is 3.83. The summed E-state index contributed by atoms with van der Waals surface area (Å²) in [5.41, 5.74) is 2.99. The van der Waals surface area contributed by atoms with Crippen LogP contribution in [-0.4, -0.2) is 12.7 Å². The monoisotopic (exact) mass is 200 g/mol. The zero-order valence-electron chi connectivity index (χ0n) is 9.07. The van der Waals surface area contributed by atoms with Crippen molar-refractivity contribution in [2.45, 2.75) is 30.8 Å². The zero-order valence-corrected chi connectivity index (χ0v) is 9.07. The first kappa shape index (κ1) is 9.17. The molecule has 2 aliphatic carbocycles. The summed E-state index contributed by atoms with van der Waals surface area (Å²) >= 11 is 0. The van der Waals surface area contributed by atoms with Crippen molar-refractivity contribution < 1.29 is 4.74 Å². The molecule has 1 heteroatoms. The van der Waals surface area contributed by atoms with E-state index in [0.29, 0.717) is 5.92 Å². The van der Waals surface area contributed by atoms with Crippen molar-refractivity contribution in [3.8, 4) is 0 Å². The molecule has 15 heavy (non-hydrogen) atoms. The molecule has 0 N–H and O–H groups in total. The van der Waals surface area contributed by atoms with Gasteiger partial charge in [-0.25, -0.2) is 0 Å². The van der Waals surface area contributed by atoms with Crippen molar-refractivity contribution in [3.63, 3.8) is 0 Å².